The molecular weight excluding hydrogens is 214 g/mol. The fraction of sp³-hybridized carbons (Fsp3) is 0.538. The van der Waals surface area contributed by atoms with Crippen LogP contribution in [0.25, 0.3) is 0 Å². The maximum absolute atomic E-state index is 12.0. The molecule has 1 aromatic heterocycles. The van der Waals surface area contributed by atoms with E-state index >= 15 is 0 Å². The van der Waals surface area contributed by atoms with Crippen molar-refractivity contribution < 1.29 is 4.79 Å². The Morgan fingerprint density at radius 2 is 2.24 bits per heavy atom. The molecule has 0 saturated carbocycles. The van der Waals surface area contributed by atoms with E-state index in [1.807, 2.05) is 24.4 Å². The maximum atomic E-state index is 12.0. The maximum Gasteiger partial charge on any atom is 0.224 e. The summed E-state index contributed by atoms with van der Waals surface area (Å²) in [6.45, 7) is 2.67. The van der Waals surface area contributed by atoms with Crippen molar-refractivity contribution in [3.8, 4) is 0 Å². The van der Waals surface area contributed by atoms with E-state index in [0.29, 0.717) is 18.4 Å². The van der Waals surface area contributed by atoms with Crippen molar-refractivity contribution in [1.29, 1.82) is 0 Å². The van der Waals surface area contributed by atoms with Gasteiger partial charge in [-0.25, -0.2) is 4.98 Å². The Balaban J connectivity index is 1.81. The van der Waals surface area contributed by atoms with Crippen LogP contribution in [-0.4, -0.2) is 41.5 Å². The number of aromatic nitrogens is 1. The first-order chi connectivity index (χ1) is 8.34. The van der Waals surface area contributed by atoms with Gasteiger partial charge in [-0.05, 0) is 25.0 Å². The molecule has 3 heterocycles. The van der Waals surface area contributed by atoms with E-state index < -0.39 is 0 Å². The topological polar surface area (TPSA) is 36.4 Å². The van der Waals surface area contributed by atoms with Crippen molar-refractivity contribution in [2.45, 2.75) is 25.3 Å². The summed E-state index contributed by atoms with van der Waals surface area (Å²) in [6, 6.07) is 6.34. The Bertz CT molecular complexity index is 406. The number of anilines is 1. The fourth-order valence-corrected chi connectivity index (χ4v) is 2.82. The zero-order valence-electron chi connectivity index (χ0n) is 9.88. The standard InChI is InChI=1S/C13H17N3O/c17-13-6-9-15(12-5-1-2-7-14-12)10-11-4-3-8-16(11)13/h1-2,5,7,11H,3-4,6,8-10H2. The lowest BCUT2D eigenvalue weighted by atomic mass is 10.2. The van der Waals surface area contributed by atoms with Gasteiger partial charge >= 0.3 is 0 Å². The lowest BCUT2D eigenvalue weighted by Crippen LogP contribution is -2.38. The summed E-state index contributed by atoms with van der Waals surface area (Å²) < 4.78 is 0. The van der Waals surface area contributed by atoms with Crippen molar-refractivity contribution >= 4 is 11.7 Å². The zero-order chi connectivity index (χ0) is 11.7. The molecule has 0 bridgehead atoms. The number of hydrogen-bond acceptors (Lipinski definition) is 3. The Hall–Kier alpha value is -1.58. The quantitative estimate of drug-likeness (QED) is 0.730. The summed E-state index contributed by atoms with van der Waals surface area (Å²) in [7, 11) is 0. The van der Waals surface area contributed by atoms with E-state index in [2.05, 4.69) is 14.8 Å². The molecule has 0 aromatic carbocycles. The predicted molar refractivity (Wildman–Crippen MR) is 65.8 cm³/mol. The molecule has 0 N–H and O–H groups in total. The monoisotopic (exact) mass is 231 g/mol. The summed E-state index contributed by atoms with van der Waals surface area (Å²) in [5, 5.41) is 0. The summed E-state index contributed by atoms with van der Waals surface area (Å²) in [5.41, 5.74) is 0. The highest BCUT2D eigenvalue weighted by molar-refractivity contribution is 5.78. The van der Waals surface area contributed by atoms with E-state index in [9.17, 15) is 4.79 Å². The molecule has 2 aliphatic rings. The molecule has 4 heteroatoms. The van der Waals surface area contributed by atoms with Gasteiger partial charge in [0.05, 0.1) is 0 Å². The van der Waals surface area contributed by atoms with Crippen molar-refractivity contribution in [3.05, 3.63) is 24.4 Å². The number of pyridine rings is 1. The van der Waals surface area contributed by atoms with Crippen LogP contribution in [-0.2, 0) is 4.79 Å². The van der Waals surface area contributed by atoms with Gasteiger partial charge in [0.25, 0.3) is 0 Å². The second-order valence-corrected chi connectivity index (χ2v) is 4.77. The number of rotatable bonds is 1. The van der Waals surface area contributed by atoms with Crippen LogP contribution < -0.4 is 4.90 Å². The zero-order valence-corrected chi connectivity index (χ0v) is 9.88. The van der Waals surface area contributed by atoms with Crippen molar-refractivity contribution in [3.63, 3.8) is 0 Å². The molecule has 3 rings (SSSR count). The Morgan fingerprint density at radius 1 is 1.29 bits per heavy atom. The molecule has 90 valence electrons. The second kappa shape index (κ2) is 4.35. The highest BCUT2D eigenvalue weighted by Crippen LogP contribution is 2.24. The van der Waals surface area contributed by atoms with Crippen LogP contribution in [0, 0.1) is 0 Å². The smallest absolute Gasteiger partial charge is 0.224 e. The number of fused-ring (bicyclic) bond motifs is 1. The minimum absolute atomic E-state index is 0.311. The number of hydrogen-bond donors (Lipinski definition) is 0. The van der Waals surface area contributed by atoms with Gasteiger partial charge in [0.2, 0.25) is 5.91 Å². The van der Waals surface area contributed by atoms with Gasteiger partial charge in [-0.2, -0.15) is 0 Å². The van der Waals surface area contributed by atoms with E-state index in [1.54, 1.807) is 0 Å². The molecule has 0 spiro atoms. The molecule has 2 aliphatic heterocycles. The summed E-state index contributed by atoms with van der Waals surface area (Å²) in [5.74, 6) is 1.31. The normalized spacial score (nSPS) is 24.7. The molecule has 4 nitrogen and oxygen atoms in total. The SMILES string of the molecule is O=C1CCN(c2ccccn2)CC2CCCN12. The lowest BCUT2D eigenvalue weighted by molar-refractivity contribution is -0.130. The minimum Gasteiger partial charge on any atom is -0.354 e. The Morgan fingerprint density at radius 3 is 3.06 bits per heavy atom. The lowest BCUT2D eigenvalue weighted by Gasteiger charge is -2.26. The summed E-state index contributed by atoms with van der Waals surface area (Å²) >= 11 is 0. The first-order valence-corrected chi connectivity index (χ1v) is 6.30. The molecule has 0 aliphatic carbocycles. The van der Waals surface area contributed by atoms with E-state index in [-0.39, 0.29) is 0 Å². The molecule has 1 aromatic rings. The van der Waals surface area contributed by atoms with Gasteiger partial charge < -0.3 is 9.80 Å². The van der Waals surface area contributed by atoms with Gasteiger partial charge in [-0.15, -0.1) is 0 Å². The third-order valence-corrected chi connectivity index (χ3v) is 3.70. The van der Waals surface area contributed by atoms with Crippen LogP contribution in [0.15, 0.2) is 24.4 Å². The fourth-order valence-electron chi connectivity index (χ4n) is 2.82. The van der Waals surface area contributed by atoms with Crippen molar-refractivity contribution in [2.24, 2.45) is 0 Å². The molecule has 2 fully saturated rings. The molecule has 1 unspecified atom stereocenters. The predicted octanol–water partition coefficient (Wildman–Crippen LogP) is 1.28. The number of carbonyl (C=O) groups excluding carboxylic acids is 1. The number of carbonyl (C=O) groups is 1. The summed E-state index contributed by atoms with van der Waals surface area (Å²) in [6.07, 6.45) is 4.71. The average Bonchev–Trinajstić information content (AvgIpc) is 2.77. The molecule has 17 heavy (non-hydrogen) atoms. The van der Waals surface area contributed by atoms with Crippen LogP contribution in [0.5, 0.6) is 0 Å². The van der Waals surface area contributed by atoms with Gasteiger partial charge in [0, 0.05) is 38.3 Å². The molecular formula is C13H17N3O. The highest BCUT2D eigenvalue weighted by Gasteiger charge is 2.33. The van der Waals surface area contributed by atoms with Crippen LogP contribution >= 0.6 is 0 Å². The van der Waals surface area contributed by atoms with Crippen LogP contribution in [0.3, 0.4) is 0 Å². The van der Waals surface area contributed by atoms with Crippen LogP contribution in [0.4, 0.5) is 5.82 Å². The van der Waals surface area contributed by atoms with E-state index in [1.165, 1.54) is 0 Å². The number of amides is 1. The van der Waals surface area contributed by atoms with Crippen molar-refractivity contribution in [2.75, 3.05) is 24.5 Å². The molecule has 1 amide bonds. The van der Waals surface area contributed by atoms with Gasteiger partial charge in [-0.3, -0.25) is 4.79 Å². The van der Waals surface area contributed by atoms with E-state index in [4.69, 9.17) is 0 Å². The molecule has 0 radical (unpaired) electrons. The number of nitrogens with zero attached hydrogens (tertiary/aromatic N) is 3. The van der Waals surface area contributed by atoms with Crippen LogP contribution in [0.1, 0.15) is 19.3 Å². The largest absolute Gasteiger partial charge is 0.354 e. The average molecular weight is 231 g/mol. The van der Waals surface area contributed by atoms with Gasteiger partial charge in [0.15, 0.2) is 0 Å². The van der Waals surface area contributed by atoms with Crippen molar-refractivity contribution in [1.82, 2.24) is 9.88 Å². The Kier molecular flexibility index (Phi) is 2.71. The first-order valence-electron chi connectivity index (χ1n) is 6.30. The molecule has 2 saturated heterocycles. The van der Waals surface area contributed by atoms with E-state index in [0.717, 1.165) is 38.3 Å². The van der Waals surface area contributed by atoms with Gasteiger partial charge in [-0.1, -0.05) is 6.07 Å². The minimum atomic E-state index is 0.311. The van der Waals surface area contributed by atoms with Crippen LogP contribution in [0.2, 0.25) is 0 Å². The first kappa shape index (κ1) is 10.6. The third kappa shape index (κ3) is 1.99. The second-order valence-electron chi connectivity index (χ2n) is 4.77. The summed E-state index contributed by atoms with van der Waals surface area (Å²) in [4.78, 5) is 20.6. The highest BCUT2D eigenvalue weighted by atomic mass is 16.2. The van der Waals surface area contributed by atoms with Gasteiger partial charge in [0.1, 0.15) is 5.82 Å². The third-order valence-electron chi connectivity index (χ3n) is 3.70. The Labute approximate surface area is 101 Å². The molecule has 1 atom stereocenters.